The van der Waals surface area contributed by atoms with Gasteiger partial charge < -0.3 is 5.11 Å². The summed E-state index contributed by atoms with van der Waals surface area (Å²) in [5, 5.41) is 21.8. The van der Waals surface area contributed by atoms with Crippen molar-refractivity contribution < 1.29 is 18.4 Å². The van der Waals surface area contributed by atoms with Crippen molar-refractivity contribution in [3.05, 3.63) is 81.9 Å². The van der Waals surface area contributed by atoms with Crippen molar-refractivity contribution in [1.82, 2.24) is 0 Å². The topological polar surface area (TPSA) is 97.5 Å². The van der Waals surface area contributed by atoms with E-state index in [1.165, 1.54) is 26.0 Å². The number of benzene rings is 2. The van der Waals surface area contributed by atoms with Crippen LogP contribution < -0.4 is 0 Å². The SMILES string of the molecule is CC1(O)/C(=C/c2ccccc2)CC(C)([N+](=O)[O-])CC1S(=O)(=O)c1ccccc1. The summed E-state index contributed by atoms with van der Waals surface area (Å²) >= 11 is 0. The van der Waals surface area contributed by atoms with E-state index >= 15 is 0 Å². The minimum atomic E-state index is -3.99. The van der Waals surface area contributed by atoms with Crippen LogP contribution in [0.2, 0.25) is 0 Å². The molecule has 0 heterocycles. The Morgan fingerprint density at radius 3 is 2.14 bits per heavy atom. The molecular formula is C21H23NO5S. The van der Waals surface area contributed by atoms with Crippen LogP contribution in [0.3, 0.4) is 0 Å². The lowest BCUT2D eigenvalue weighted by Crippen LogP contribution is -2.57. The van der Waals surface area contributed by atoms with Gasteiger partial charge in [0.25, 0.3) is 0 Å². The van der Waals surface area contributed by atoms with Crippen LogP contribution in [-0.2, 0) is 9.84 Å². The zero-order valence-corrected chi connectivity index (χ0v) is 16.6. The highest BCUT2D eigenvalue weighted by molar-refractivity contribution is 7.92. The molecule has 7 heteroatoms. The smallest absolute Gasteiger partial charge is 0.224 e. The Bertz CT molecular complexity index is 1000. The van der Waals surface area contributed by atoms with Gasteiger partial charge in [-0.3, -0.25) is 10.1 Å². The summed E-state index contributed by atoms with van der Waals surface area (Å²) in [5.41, 5.74) is -2.13. The number of hydrogen-bond donors (Lipinski definition) is 1. The summed E-state index contributed by atoms with van der Waals surface area (Å²) in [5.74, 6) is 0. The van der Waals surface area contributed by atoms with Gasteiger partial charge in [-0.15, -0.1) is 0 Å². The first-order valence-corrected chi connectivity index (χ1v) is 10.5. The van der Waals surface area contributed by atoms with Crippen molar-refractivity contribution in [3.8, 4) is 0 Å². The van der Waals surface area contributed by atoms with E-state index in [1.807, 2.05) is 30.3 Å². The summed E-state index contributed by atoms with van der Waals surface area (Å²) in [6.45, 7) is 2.88. The molecule has 1 aliphatic carbocycles. The molecule has 0 bridgehead atoms. The monoisotopic (exact) mass is 401 g/mol. The molecule has 0 spiro atoms. The van der Waals surface area contributed by atoms with E-state index in [-0.39, 0.29) is 17.7 Å². The number of nitrogens with zero attached hydrogens (tertiary/aromatic N) is 1. The van der Waals surface area contributed by atoms with Crippen molar-refractivity contribution in [1.29, 1.82) is 0 Å². The molecule has 3 atom stereocenters. The molecule has 0 aromatic heterocycles. The molecule has 1 aliphatic rings. The molecule has 3 unspecified atom stereocenters. The van der Waals surface area contributed by atoms with E-state index in [4.69, 9.17) is 0 Å². The second-order valence-electron chi connectivity index (χ2n) is 7.71. The zero-order chi connectivity index (χ0) is 20.6. The first-order valence-electron chi connectivity index (χ1n) is 8.99. The van der Waals surface area contributed by atoms with Crippen LogP contribution in [-0.4, -0.2) is 34.8 Å². The second kappa shape index (κ2) is 7.14. The fourth-order valence-corrected chi connectivity index (χ4v) is 5.94. The zero-order valence-electron chi connectivity index (χ0n) is 15.8. The molecule has 0 saturated heterocycles. The summed E-state index contributed by atoms with van der Waals surface area (Å²) in [6, 6.07) is 16.9. The molecule has 0 radical (unpaired) electrons. The minimum absolute atomic E-state index is 0.0251. The van der Waals surface area contributed by atoms with Crippen LogP contribution in [0.5, 0.6) is 0 Å². The van der Waals surface area contributed by atoms with Gasteiger partial charge >= 0.3 is 0 Å². The van der Waals surface area contributed by atoms with Crippen molar-refractivity contribution in [2.45, 2.75) is 48.0 Å². The predicted molar refractivity (Wildman–Crippen MR) is 107 cm³/mol. The minimum Gasteiger partial charge on any atom is -0.384 e. The number of hydrogen-bond acceptors (Lipinski definition) is 5. The quantitative estimate of drug-likeness (QED) is 0.625. The van der Waals surface area contributed by atoms with Gasteiger partial charge in [0.15, 0.2) is 9.84 Å². The van der Waals surface area contributed by atoms with Crippen molar-refractivity contribution in [2.24, 2.45) is 0 Å². The molecule has 2 aromatic rings. The molecule has 1 N–H and O–H groups in total. The van der Waals surface area contributed by atoms with Gasteiger partial charge in [-0.05, 0) is 30.2 Å². The summed E-state index contributed by atoms with van der Waals surface area (Å²) in [6.07, 6.45) is 1.37. The lowest BCUT2D eigenvalue weighted by Gasteiger charge is -2.43. The molecule has 148 valence electrons. The molecule has 6 nitrogen and oxygen atoms in total. The van der Waals surface area contributed by atoms with E-state index in [9.17, 15) is 23.6 Å². The number of sulfone groups is 1. The highest BCUT2D eigenvalue weighted by Crippen LogP contribution is 2.45. The Morgan fingerprint density at radius 1 is 1.07 bits per heavy atom. The van der Waals surface area contributed by atoms with Gasteiger partial charge in [0.2, 0.25) is 5.54 Å². The van der Waals surface area contributed by atoms with Gasteiger partial charge in [-0.2, -0.15) is 0 Å². The Labute approximate surface area is 164 Å². The lowest BCUT2D eigenvalue weighted by molar-refractivity contribution is -0.568. The van der Waals surface area contributed by atoms with Crippen LogP contribution in [0.15, 0.2) is 71.1 Å². The van der Waals surface area contributed by atoms with E-state index in [1.54, 1.807) is 24.3 Å². The fourth-order valence-electron chi connectivity index (χ4n) is 3.74. The molecule has 2 aromatic carbocycles. The van der Waals surface area contributed by atoms with E-state index in [0.717, 1.165) is 5.56 Å². The Balaban J connectivity index is 2.16. The molecule has 3 rings (SSSR count). The van der Waals surface area contributed by atoms with E-state index in [0.29, 0.717) is 5.57 Å². The lowest BCUT2D eigenvalue weighted by atomic mass is 9.71. The third-order valence-electron chi connectivity index (χ3n) is 5.50. The van der Waals surface area contributed by atoms with Crippen molar-refractivity contribution >= 4 is 15.9 Å². The molecular weight excluding hydrogens is 378 g/mol. The predicted octanol–water partition coefficient (Wildman–Crippen LogP) is 3.49. The number of nitro groups is 1. The molecule has 0 aliphatic heterocycles. The second-order valence-corrected chi connectivity index (χ2v) is 9.84. The van der Waals surface area contributed by atoms with Crippen LogP contribution in [0, 0.1) is 10.1 Å². The largest absolute Gasteiger partial charge is 0.384 e. The van der Waals surface area contributed by atoms with Crippen LogP contribution in [0.4, 0.5) is 0 Å². The van der Waals surface area contributed by atoms with Gasteiger partial charge in [-0.25, -0.2) is 8.42 Å². The molecule has 0 amide bonds. The average molecular weight is 401 g/mol. The Morgan fingerprint density at radius 2 is 1.61 bits per heavy atom. The Kier molecular flexibility index (Phi) is 5.16. The highest BCUT2D eigenvalue weighted by atomic mass is 32.2. The van der Waals surface area contributed by atoms with Gasteiger partial charge in [0.1, 0.15) is 10.9 Å². The first kappa shape index (κ1) is 20.2. The van der Waals surface area contributed by atoms with Gasteiger partial charge in [-0.1, -0.05) is 54.6 Å². The van der Waals surface area contributed by atoms with Gasteiger partial charge in [0.05, 0.1) is 4.90 Å². The molecule has 1 saturated carbocycles. The maximum atomic E-state index is 13.3. The standard InChI is InChI=1S/C21H23NO5S/c1-20(22(24)25)14-17(13-16-9-5-3-6-10-16)21(2,23)19(15-20)28(26,27)18-11-7-4-8-12-18/h3-13,19,23H,14-15H2,1-2H3/b17-13+. The number of aliphatic hydroxyl groups is 1. The summed E-state index contributed by atoms with van der Waals surface area (Å²) < 4.78 is 26.6. The van der Waals surface area contributed by atoms with E-state index in [2.05, 4.69) is 0 Å². The molecule has 1 fully saturated rings. The Hall–Kier alpha value is -2.51. The third kappa shape index (κ3) is 3.59. The van der Waals surface area contributed by atoms with Crippen LogP contribution in [0.25, 0.3) is 6.08 Å². The highest BCUT2D eigenvalue weighted by Gasteiger charge is 2.57. The maximum Gasteiger partial charge on any atom is 0.224 e. The van der Waals surface area contributed by atoms with Crippen molar-refractivity contribution in [2.75, 3.05) is 0 Å². The summed E-state index contributed by atoms with van der Waals surface area (Å²) in [7, 11) is -3.99. The first-order chi connectivity index (χ1) is 13.1. The fraction of sp³-hybridized carbons (Fsp3) is 0.333. The van der Waals surface area contributed by atoms with E-state index < -0.39 is 31.2 Å². The number of rotatable bonds is 4. The molecule has 28 heavy (non-hydrogen) atoms. The van der Waals surface area contributed by atoms with Crippen LogP contribution >= 0.6 is 0 Å². The van der Waals surface area contributed by atoms with Crippen LogP contribution in [0.1, 0.15) is 32.3 Å². The van der Waals surface area contributed by atoms with Gasteiger partial charge in [0, 0.05) is 24.7 Å². The maximum absolute atomic E-state index is 13.3. The normalized spacial score (nSPS) is 29.5. The summed E-state index contributed by atoms with van der Waals surface area (Å²) in [4.78, 5) is 11.4. The third-order valence-corrected chi connectivity index (χ3v) is 7.81. The average Bonchev–Trinajstić information content (AvgIpc) is 2.66. The van der Waals surface area contributed by atoms with Crippen molar-refractivity contribution in [3.63, 3.8) is 0 Å².